The molecule has 30 heavy (non-hydrogen) atoms. The molecule has 1 aliphatic heterocycles. The lowest BCUT2D eigenvalue weighted by molar-refractivity contribution is -0.200. The molecule has 1 saturated heterocycles. The van der Waals surface area contributed by atoms with Gasteiger partial charge in [0.05, 0.1) is 30.4 Å². The molecule has 0 amide bonds. The van der Waals surface area contributed by atoms with E-state index in [1.807, 2.05) is 0 Å². The first-order valence-corrected chi connectivity index (χ1v) is 9.78. The smallest absolute Gasteiger partial charge is 0.416 e. The number of hydrogen-bond acceptors (Lipinski definition) is 4. The van der Waals surface area contributed by atoms with E-state index in [1.54, 1.807) is 39.0 Å². The molecule has 0 spiro atoms. The van der Waals surface area contributed by atoms with Gasteiger partial charge < -0.3 is 19.5 Å². The van der Waals surface area contributed by atoms with Crippen LogP contribution in [0, 0.1) is 5.82 Å². The molecule has 0 aliphatic carbocycles. The third-order valence-electron chi connectivity index (χ3n) is 4.69. The molecule has 3 atom stereocenters. The van der Waals surface area contributed by atoms with Gasteiger partial charge in [-0.2, -0.15) is 13.2 Å². The zero-order valence-corrected chi connectivity index (χ0v) is 17.0. The Kier molecular flexibility index (Phi) is 7.00. The van der Waals surface area contributed by atoms with Crippen LogP contribution in [-0.4, -0.2) is 25.5 Å². The highest BCUT2D eigenvalue weighted by atomic mass is 19.4. The Balaban J connectivity index is 1.84. The number of halogens is 4. The molecule has 2 aromatic rings. The second kappa shape index (κ2) is 9.32. The van der Waals surface area contributed by atoms with Crippen LogP contribution in [0.2, 0.25) is 0 Å². The van der Waals surface area contributed by atoms with Crippen LogP contribution in [0.3, 0.4) is 0 Å². The zero-order chi connectivity index (χ0) is 21.9. The highest BCUT2D eigenvalue weighted by Gasteiger charge is 2.33. The fourth-order valence-corrected chi connectivity index (χ4v) is 3.29. The first-order valence-electron chi connectivity index (χ1n) is 9.78. The van der Waals surface area contributed by atoms with Crippen LogP contribution < -0.4 is 10.1 Å². The van der Waals surface area contributed by atoms with E-state index in [-0.39, 0.29) is 23.7 Å². The molecule has 0 bridgehead atoms. The largest absolute Gasteiger partial charge is 0.491 e. The lowest BCUT2D eigenvalue weighted by Gasteiger charge is -2.34. The number of morpholine rings is 1. The summed E-state index contributed by atoms with van der Waals surface area (Å²) in [4.78, 5) is 0. The third-order valence-corrected chi connectivity index (χ3v) is 4.69. The van der Waals surface area contributed by atoms with Gasteiger partial charge in [-0.05, 0) is 62.2 Å². The Morgan fingerprint density at radius 1 is 1.07 bits per heavy atom. The van der Waals surface area contributed by atoms with Crippen LogP contribution in [0.5, 0.6) is 5.75 Å². The molecule has 0 saturated carbocycles. The second-order valence-electron chi connectivity index (χ2n) is 7.46. The van der Waals surface area contributed by atoms with Crippen LogP contribution >= 0.6 is 0 Å². The van der Waals surface area contributed by atoms with Crippen LogP contribution in [-0.2, 0) is 15.7 Å². The average molecular weight is 427 g/mol. The molecule has 164 valence electrons. The highest BCUT2D eigenvalue weighted by Crippen LogP contribution is 2.36. The van der Waals surface area contributed by atoms with Crippen molar-refractivity contribution in [3.05, 3.63) is 65.0 Å². The van der Waals surface area contributed by atoms with Gasteiger partial charge in [0.2, 0.25) is 0 Å². The minimum absolute atomic E-state index is 0.128. The van der Waals surface area contributed by atoms with Crippen molar-refractivity contribution in [1.29, 1.82) is 0 Å². The van der Waals surface area contributed by atoms with Gasteiger partial charge in [0.25, 0.3) is 0 Å². The van der Waals surface area contributed by atoms with E-state index in [0.29, 0.717) is 18.7 Å². The summed E-state index contributed by atoms with van der Waals surface area (Å²) in [6.07, 6.45) is -6.23. The summed E-state index contributed by atoms with van der Waals surface area (Å²) in [5.74, 6) is -0.231. The number of hydrogen-bond donors (Lipinski definition) is 1. The van der Waals surface area contributed by atoms with Gasteiger partial charge >= 0.3 is 6.18 Å². The number of benzene rings is 2. The Morgan fingerprint density at radius 3 is 2.40 bits per heavy atom. The number of ether oxygens (including phenoxy) is 3. The van der Waals surface area contributed by atoms with Gasteiger partial charge in [0.15, 0.2) is 6.29 Å². The van der Waals surface area contributed by atoms with Gasteiger partial charge in [-0.1, -0.05) is 12.1 Å². The van der Waals surface area contributed by atoms with E-state index in [2.05, 4.69) is 5.32 Å². The van der Waals surface area contributed by atoms with Gasteiger partial charge in [-0.3, -0.25) is 0 Å². The summed E-state index contributed by atoms with van der Waals surface area (Å²) >= 11 is 0. The number of alkyl halides is 3. The summed E-state index contributed by atoms with van der Waals surface area (Å²) < 4.78 is 70.6. The molecule has 4 nitrogen and oxygen atoms in total. The Bertz CT molecular complexity index is 839. The zero-order valence-electron chi connectivity index (χ0n) is 17.0. The van der Waals surface area contributed by atoms with E-state index in [4.69, 9.17) is 14.2 Å². The maximum Gasteiger partial charge on any atom is 0.416 e. The summed E-state index contributed by atoms with van der Waals surface area (Å²) in [7, 11) is 0. The topological polar surface area (TPSA) is 39.7 Å². The number of nitrogens with one attached hydrogen (secondary N) is 1. The lowest BCUT2D eigenvalue weighted by Crippen LogP contribution is -2.43. The van der Waals surface area contributed by atoms with Gasteiger partial charge in [-0.25, -0.2) is 4.39 Å². The first kappa shape index (κ1) is 22.5. The fourth-order valence-electron chi connectivity index (χ4n) is 3.29. The Morgan fingerprint density at radius 2 is 1.77 bits per heavy atom. The normalized spacial score (nSPS) is 20.9. The van der Waals surface area contributed by atoms with Crippen molar-refractivity contribution in [2.75, 3.05) is 13.2 Å². The molecule has 3 rings (SSSR count). The summed E-state index contributed by atoms with van der Waals surface area (Å²) in [6, 6.07) is 9.14. The van der Waals surface area contributed by atoms with Crippen LogP contribution in [0.1, 0.15) is 49.6 Å². The lowest BCUT2D eigenvalue weighted by atomic mass is 10.0. The molecule has 1 N–H and O–H groups in total. The van der Waals surface area contributed by atoms with Gasteiger partial charge in [0, 0.05) is 6.54 Å². The van der Waals surface area contributed by atoms with Crippen molar-refractivity contribution >= 4 is 0 Å². The first-order chi connectivity index (χ1) is 14.1. The third kappa shape index (κ3) is 5.71. The van der Waals surface area contributed by atoms with Crippen molar-refractivity contribution in [1.82, 2.24) is 5.32 Å². The predicted molar refractivity (Wildman–Crippen MR) is 104 cm³/mol. The molecule has 0 radical (unpaired) electrons. The molecule has 0 unspecified atom stereocenters. The van der Waals surface area contributed by atoms with E-state index < -0.39 is 24.1 Å². The SMILES string of the molecule is CC(C)Oc1cc([C@@H](C)O[C@H]2OCCN[C@H]2c2ccc(F)cc2)cc(C(F)(F)F)c1. The minimum atomic E-state index is -4.51. The van der Waals surface area contributed by atoms with Crippen LogP contribution in [0.15, 0.2) is 42.5 Å². The predicted octanol–water partition coefficient (Wildman–Crippen LogP) is 5.40. The maximum atomic E-state index is 13.4. The fraction of sp³-hybridized carbons (Fsp3) is 0.455. The van der Waals surface area contributed by atoms with Gasteiger partial charge in [-0.15, -0.1) is 0 Å². The Labute approximate surface area is 173 Å². The highest BCUT2D eigenvalue weighted by molar-refractivity contribution is 5.37. The van der Waals surface area contributed by atoms with E-state index in [0.717, 1.165) is 17.7 Å². The van der Waals surface area contributed by atoms with Crippen molar-refractivity contribution in [3.8, 4) is 5.75 Å². The van der Waals surface area contributed by atoms with E-state index in [1.165, 1.54) is 12.1 Å². The number of rotatable bonds is 6. The van der Waals surface area contributed by atoms with Crippen molar-refractivity contribution < 1.29 is 31.8 Å². The summed E-state index contributed by atoms with van der Waals surface area (Å²) in [5.41, 5.74) is 0.289. The second-order valence-corrected chi connectivity index (χ2v) is 7.46. The van der Waals surface area contributed by atoms with E-state index >= 15 is 0 Å². The molecule has 8 heteroatoms. The standard InChI is InChI=1S/C22H25F4NO3/c1-13(2)29-19-11-16(10-17(12-19)22(24,25)26)14(3)30-21-20(27-8-9-28-21)15-4-6-18(23)7-5-15/h4-7,10-14,20-21,27H,8-9H2,1-3H3/t14-,20+,21-/m1/s1. The monoisotopic (exact) mass is 427 g/mol. The summed E-state index contributed by atoms with van der Waals surface area (Å²) in [5, 5.41) is 3.26. The molecular formula is C22H25F4NO3. The summed E-state index contributed by atoms with van der Waals surface area (Å²) in [6.45, 7) is 6.11. The molecule has 1 fully saturated rings. The van der Waals surface area contributed by atoms with Gasteiger partial charge in [0.1, 0.15) is 11.6 Å². The van der Waals surface area contributed by atoms with Crippen molar-refractivity contribution in [2.45, 2.75) is 51.5 Å². The van der Waals surface area contributed by atoms with Crippen molar-refractivity contribution in [3.63, 3.8) is 0 Å². The molecule has 1 aliphatic rings. The van der Waals surface area contributed by atoms with Crippen molar-refractivity contribution in [2.24, 2.45) is 0 Å². The molecule has 1 heterocycles. The quantitative estimate of drug-likeness (QED) is 0.627. The van der Waals surface area contributed by atoms with Crippen LogP contribution in [0.25, 0.3) is 0 Å². The van der Waals surface area contributed by atoms with Crippen LogP contribution in [0.4, 0.5) is 17.6 Å². The maximum absolute atomic E-state index is 13.4. The Hall–Kier alpha value is -2.16. The average Bonchev–Trinajstić information content (AvgIpc) is 2.68. The van der Waals surface area contributed by atoms with E-state index in [9.17, 15) is 17.6 Å². The minimum Gasteiger partial charge on any atom is -0.491 e. The molecular weight excluding hydrogens is 402 g/mol. The molecule has 0 aromatic heterocycles. The molecule has 2 aromatic carbocycles.